The van der Waals surface area contributed by atoms with Crippen molar-refractivity contribution < 1.29 is 4.39 Å². The summed E-state index contributed by atoms with van der Waals surface area (Å²) in [7, 11) is 0. The fourth-order valence-electron chi connectivity index (χ4n) is 3.93. The summed E-state index contributed by atoms with van der Waals surface area (Å²) in [4.78, 5) is 6.08. The number of halogens is 1. The Labute approximate surface area is 142 Å². The third kappa shape index (κ3) is 2.84. The number of benzene rings is 2. The van der Waals surface area contributed by atoms with Gasteiger partial charge in [-0.15, -0.1) is 0 Å². The molecule has 1 unspecified atom stereocenters. The molecule has 1 atom stereocenters. The van der Waals surface area contributed by atoms with Crippen LogP contribution in [0.5, 0.6) is 0 Å². The van der Waals surface area contributed by atoms with E-state index in [1.54, 1.807) is 12.1 Å². The number of aromatic nitrogens is 1. The summed E-state index contributed by atoms with van der Waals surface area (Å²) in [6, 6.07) is 15.9. The van der Waals surface area contributed by atoms with Gasteiger partial charge in [0, 0.05) is 34.7 Å². The van der Waals surface area contributed by atoms with E-state index in [1.807, 2.05) is 12.1 Å². The summed E-state index contributed by atoms with van der Waals surface area (Å²) >= 11 is 0. The van der Waals surface area contributed by atoms with Gasteiger partial charge in [0.15, 0.2) is 0 Å². The highest BCUT2D eigenvalue weighted by Crippen LogP contribution is 2.31. The van der Waals surface area contributed by atoms with Crippen molar-refractivity contribution in [1.82, 2.24) is 9.88 Å². The van der Waals surface area contributed by atoms with Crippen LogP contribution in [0.3, 0.4) is 0 Å². The predicted octanol–water partition coefficient (Wildman–Crippen LogP) is 5.00. The van der Waals surface area contributed by atoms with E-state index >= 15 is 0 Å². The second-order valence-corrected chi connectivity index (χ2v) is 6.81. The molecule has 1 aliphatic rings. The first kappa shape index (κ1) is 15.4. The van der Waals surface area contributed by atoms with Gasteiger partial charge in [0.1, 0.15) is 5.82 Å². The van der Waals surface area contributed by atoms with E-state index < -0.39 is 0 Å². The average Bonchev–Trinajstić information content (AvgIpc) is 3.16. The Balaban J connectivity index is 1.73. The number of rotatable bonds is 4. The Morgan fingerprint density at radius 2 is 2.04 bits per heavy atom. The van der Waals surface area contributed by atoms with E-state index in [0.29, 0.717) is 6.04 Å². The molecule has 2 aromatic carbocycles. The molecule has 0 spiro atoms. The summed E-state index contributed by atoms with van der Waals surface area (Å²) in [5, 5.41) is 1.25. The molecule has 1 aliphatic heterocycles. The molecule has 0 saturated carbocycles. The van der Waals surface area contributed by atoms with E-state index in [-0.39, 0.29) is 5.82 Å². The molecule has 0 bridgehead atoms. The van der Waals surface area contributed by atoms with Gasteiger partial charge in [-0.1, -0.05) is 30.3 Å². The molecule has 24 heavy (non-hydrogen) atoms. The summed E-state index contributed by atoms with van der Waals surface area (Å²) in [5.74, 6) is -0.190. The first-order chi connectivity index (χ1) is 11.7. The summed E-state index contributed by atoms with van der Waals surface area (Å²) in [6.07, 6.45) is 3.58. The SMILES string of the molecule is CC1CCCN1CCc1c(-c2cccc(F)c2)[nH]c2ccccc12. The second kappa shape index (κ2) is 6.40. The van der Waals surface area contributed by atoms with Crippen molar-refractivity contribution in [2.75, 3.05) is 13.1 Å². The molecule has 1 N–H and O–H groups in total. The topological polar surface area (TPSA) is 19.0 Å². The smallest absolute Gasteiger partial charge is 0.123 e. The van der Waals surface area contributed by atoms with E-state index in [1.165, 1.54) is 36.4 Å². The maximum atomic E-state index is 13.7. The maximum absolute atomic E-state index is 13.7. The summed E-state index contributed by atoms with van der Waals surface area (Å²) < 4.78 is 13.7. The van der Waals surface area contributed by atoms with Crippen LogP contribution in [-0.4, -0.2) is 29.0 Å². The molecular weight excluding hydrogens is 299 g/mol. The molecule has 124 valence electrons. The lowest BCUT2D eigenvalue weighted by molar-refractivity contribution is 0.272. The summed E-state index contributed by atoms with van der Waals surface area (Å²) in [5.41, 5.74) is 4.41. The molecule has 3 heteroatoms. The van der Waals surface area contributed by atoms with Crippen LogP contribution in [-0.2, 0) is 6.42 Å². The number of nitrogens with one attached hydrogen (secondary N) is 1. The van der Waals surface area contributed by atoms with Crippen LogP contribution in [0.25, 0.3) is 22.2 Å². The minimum absolute atomic E-state index is 0.190. The molecule has 0 radical (unpaired) electrons. The van der Waals surface area contributed by atoms with Crippen LogP contribution < -0.4 is 0 Å². The Morgan fingerprint density at radius 3 is 2.83 bits per heavy atom. The molecule has 0 aliphatic carbocycles. The van der Waals surface area contributed by atoms with Crippen molar-refractivity contribution in [1.29, 1.82) is 0 Å². The lowest BCUT2D eigenvalue weighted by Crippen LogP contribution is -2.29. The molecule has 3 aromatic rings. The zero-order valence-electron chi connectivity index (χ0n) is 14.1. The minimum Gasteiger partial charge on any atom is -0.354 e. The summed E-state index contributed by atoms with van der Waals surface area (Å²) in [6.45, 7) is 4.57. The average molecular weight is 322 g/mol. The van der Waals surface area contributed by atoms with Crippen molar-refractivity contribution in [2.24, 2.45) is 0 Å². The number of fused-ring (bicyclic) bond motifs is 1. The van der Waals surface area contributed by atoms with Gasteiger partial charge in [0.2, 0.25) is 0 Å². The van der Waals surface area contributed by atoms with Gasteiger partial charge in [-0.25, -0.2) is 4.39 Å². The van der Waals surface area contributed by atoms with Crippen molar-refractivity contribution in [3.63, 3.8) is 0 Å². The Bertz CT molecular complexity index is 852. The number of hydrogen-bond donors (Lipinski definition) is 1. The van der Waals surface area contributed by atoms with Gasteiger partial charge in [-0.3, -0.25) is 0 Å². The third-order valence-corrected chi connectivity index (χ3v) is 5.27. The van der Waals surface area contributed by atoms with Crippen LogP contribution in [0.15, 0.2) is 48.5 Å². The predicted molar refractivity (Wildman–Crippen MR) is 97.7 cm³/mol. The number of hydrogen-bond acceptors (Lipinski definition) is 1. The number of H-pyrrole nitrogens is 1. The molecule has 2 heterocycles. The van der Waals surface area contributed by atoms with Gasteiger partial charge in [-0.05, 0) is 56.5 Å². The first-order valence-corrected chi connectivity index (χ1v) is 8.82. The highest BCUT2D eigenvalue weighted by atomic mass is 19.1. The van der Waals surface area contributed by atoms with E-state index in [9.17, 15) is 4.39 Å². The zero-order valence-corrected chi connectivity index (χ0v) is 14.1. The Hall–Kier alpha value is -2.13. The van der Waals surface area contributed by atoms with Gasteiger partial charge in [0.25, 0.3) is 0 Å². The highest BCUT2D eigenvalue weighted by Gasteiger charge is 2.21. The molecule has 2 nitrogen and oxygen atoms in total. The third-order valence-electron chi connectivity index (χ3n) is 5.27. The number of aromatic amines is 1. The molecule has 4 rings (SSSR count). The second-order valence-electron chi connectivity index (χ2n) is 6.81. The molecule has 1 fully saturated rings. The van der Waals surface area contributed by atoms with Crippen molar-refractivity contribution in [3.8, 4) is 11.3 Å². The first-order valence-electron chi connectivity index (χ1n) is 8.82. The quantitative estimate of drug-likeness (QED) is 0.716. The Kier molecular flexibility index (Phi) is 4.11. The van der Waals surface area contributed by atoms with Crippen LogP contribution in [0, 0.1) is 5.82 Å². The molecular formula is C21H23FN2. The lowest BCUT2D eigenvalue weighted by atomic mass is 10.0. The van der Waals surface area contributed by atoms with Gasteiger partial charge >= 0.3 is 0 Å². The highest BCUT2D eigenvalue weighted by molar-refractivity contribution is 5.90. The number of para-hydroxylation sites is 1. The van der Waals surface area contributed by atoms with Crippen LogP contribution in [0.2, 0.25) is 0 Å². The lowest BCUT2D eigenvalue weighted by Gasteiger charge is -2.21. The van der Waals surface area contributed by atoms with Gasteiger partial charge in [-0.2, -0.15) is 0 Å². The van der Waals surface area contributed by atoms with Crippen LogP contribution in [0.1, 0.15) is 25.3 Å². The molecule has 1 aromatic heterocycles. The minimum atomic E-state index is -0.190. The maximum Gasteiger partial charge on any atom is 0.123 e. The van der Waals surface area contributed by atoms with Crippen molar-refractivity contribution in [2.45, 2.75) is 32.2 Å². The van der Waals surface area contributed by atoms with Crippen LogP contribution in [0.4, 0.5) is 4.39 Å². The normalized spacial score (nSPS) is 18.5. The van der Waals surface area contributed by atoms with Crippen LogP contribution >= 0.6 is 0 Å². The largest absolute Gasteiger partial charge is 0.354 e. The number of nitrogens with zero attached hydrogens (tertiary/aromatic N) is 1. The monoisotopic (exact) mass is 322 g/mol. The van der Waals surface area contributed by atoms with Gasteiger partial charge in [0.05, 0.1) is 0 Å². The fourth-order valence-corrected chi connectivity index (χ4v) is 3.93. The number of likely N-dealkylation sites (tertiary alicyclic amines) is 1. The standard InChI is InChI=1S/C21H23FN2/c1-15-6-5-12-24(15)13-11-19-18-9-2-3-10-20(18)23-21(19)16-7-4-8-17(22)14-16/h2-4,7-10,14-15,23H,5-6,11-13H2,1H3. The van der Waals surface area contributed by atoms with E-state index in [0.717, 1.165) is 29.7 Å². The Morgan fingerprint density at radius 1 is 1.17 bits per heavy atom. The van der Waals surface area contributed by atoms with Gasteiger partial charge < -0.3 is 9.88 Å². The van der Waals surface area contributed by atoms with E-state index in [4.69, 9.17) is 0 Å². The van der Waals surface area contributed by atoms with Crippen molar-refractivity contribution in [3.05, 3.63) is 59.9 Å². The zero-order chi connectivity index (χ0) is 16.5. The van der Waals surface area contributed by atoms with Crippen molar-refractivity contribution >= 4 is 10.9 Å². The molecule has 1 saturated heterocycles. The molecule has 0 amide bonds. The fraction of sp³-hybridized carbons (Fsp3) is 0.333. The van der Waals surface area contributed by atoms with E-state index in [2.05, 4.69) is 35.0 Å².